The SMILES string of the molecule is Brc1cc(-c2ccc3oc4ccccc4c3c2)cc(-c2cc(-c3ccc(-c4ccccc4)cc3)nc(-n3c4ccccc4c4cc(-c5ccccc5)ccc43)n2)c1. The fourth-order valence-electron chi connectivity index (χ4n) is 8.10. The number of halogens is 1. The summed E-state index contributed by atoms with van der Waals surface area (Å²) < 4.78 is 9.33. The van der Waals surface area contributed by atoms with Crippen molar-refractivity contribution in [3.8, 4) is 61.8 Å². The molecule has 3 heterocycles. The van der Waals surface area contributed by atoms with Crippen LogP contribution in [-0.4, -0.2) is 14.5 Å². The molecule has 0 amide bonds. The van der Waals surface area contributed by atoms with Crippen molar-refractivity contribution in [2.75, 3.05) is 0 Å². The highest BCUT2D eigenvalue weighted by atomic mass is 79.9. The van der Waals surface area contributed by atoms with Crippen molar-refractivity contribution in [3.63, 3.8) is 0 Å². The number of hydrogen-bond acceptors (Lipinski definition) is 3. The number of fused-ring (bicyclic) bond motifs is 6. The molecule has 268 valence electrons. The number of rotatable bonds is 6. The zero-order chi connectivity index (χ0) is 37.9. The summed E-state index contributed by atoms with van der Waals surface area (Å²) in [6.45, 7) is 0. The lowest BCUT2D eigenvalue weighted by molar-refractivity contribution is 0.669. The molecule has 11 rings (SSSR count). The van der Waals surface area contributed by atoms with Gasteiger partial charge in [-0.25, -0.2) is 9.97 Å². The molecule has 0 aliphatic carbocycles. The van der Waals surface area contributed by atoms with Crippen LogP contribution in [0.5, 0.6) is 0 Å². The van der Waals surface area contributed by atoms with Gasteiger partial charge in [-0.15, -0.1) is 0 Å². The Morgan fingerprint density at radius 3 is 1.67 bits per heavy atom. The normalized spacial score (nSPS) is 11.6. The second-order valence-electron chi connectivity index (χ2n) is 14.4. The molecule has 0 atom stereocenters. The minimum atomic E-state index is 0.612. The van der Waals surface area contributed by atoms with Gasteiger partial charge in [0.15, 0.2) is 0 Å². The summed E-state index contributed by atoms with van der Waals surface area (Å²) in [6.07, 6.45) is 0. The summed E-state index contributed by atoms with van der Waals surface area (Å²) in [6, 6.07) is 68.1. The Hall–Kier alpha value is -7.08. The molecule has 0 aliphatic rings. The maximum atomic E-state index is 6.16. The molecule has 3 aromatic heterocycles. The van der Waals surface area contributed by atoms with Crippen molar-refractivity contribution in [1.82, 2.24) is 14.5 Å². The number of benzene rings is 8. The smallest absolute Gasteiger partial charge is 0.235 e. The van der Waals surface area contributed by atoms with Gasteiger partial charge in [0.1, 0.15) is 11.2 Å². The van der Waals surface area contributed by atoms with Crippen LogP contribution in [0.3, 0.4) is 0 Å². The van der Waals surface area contributed by atoms with Crippen LogP contribution < -0.4 is 0 Å². The van der Waals surface area contributed by atoms with Crippen LogP contribution in [0.15, 0.2) is 203 Å². The Bertz CT molecular complexity index is 3290. The van der Waals surface area contributed by atoms with Crippen molar-refractivity contribution in [3.05, 3.63) is 199 Å². The van der Waals surface area contributed by atoms with Gasteiger partial charge in [-0.3, -0.25) is 4.57 Å². The highest BCUT2D eigenvalue weighted by molar-refractivity contribution is 9.10. The van der Waals surface area contributed by atoms with Gasteiger partial charge in [0.2, 0.25) is 5.95 Å². The van der Waals surface area contributed by atoms with Crippen LogP contribution in [0, 0.1) is 0 Å². The molecule has 0 saturated heterocycles. The molecule has 0 radical (unpaired) electrons. The van der Waals surface area contributed by atoms with E-state index in [1.807, 2.05) is 18.2 Å². The van der Waals surface area contributed by atoms with E-state index in [-0.39, 0.29) is 0 Å². The summed E-state index contributed by atoms with van der Waals surface area (Å²) in [5, 5.41) is 4.51. The van der Waals surface area contributed by atoms with Crippen LogP contribution in [0.1, 0.15) is 0 Å². The van der Waals surface area contributed by atoms with Gasteiger partial charge in [-0.2, -0.15) is 0 Å². The topological polar surface area (TPSA) is 43.9 Å². The van der Waals surface area contributed by atoms with E-state index >= 15 is 0 Å². The summed E-state index contributed by atoms with van der Waals surface area (Å²) in [4.78, 5) is 10.7. The Morgan fingerprint density at radius 1 is 0.351 bits per heavy atom. The maximum absolute atomic E-state index is 6.16. The van der Waals surface area contributed by atoms with Crippen LogP contribution in [0.4, 0.5) is 0 Å². The Balaban J connectivity index is 1.11. The van der Waals surface area contributed by atoms with E-state index in [2.05, 4.69) is 196 Å². The second-order valence-corrected chi connectivity index (χ2v) is 15.3. The predicted octanol–water partition coefficient (Wildman–Crippen LogP) is 14.6. The van der Waals surface area contributed by atoms with Gasteiger partial charge >= 0.3 is 0 Å². The molecule has 0 bridgehead atoms. The van der Waals surface area contributed by atoms with Crippen molar-refractivity contribution in [2.24, 2.45) is 0 Å². The van der Waals surface area contributed by atoms with Gasteiger partial charge in [0.25, 0.3) is 0 Å². The standard InChI is InChI=1S/C52H32BrN3O/c53-41-28-39(38-24-26-51-45(31-38)43-16-8-10-18-50(43)57-51)27-40(29-41)47-32-46(36-21-19-35(20-22-36)33-11-3-1-4-12-33)54-52(55-47)56-48-17-9-7-15-42(48)44-30-37(23-25-49(44)56)34-13-5-2-6-14-34/h1-32H. The molecule has 57 heavy (non-hydrogen) atoms. The summed E-state index contributed by atoms with van der Waals surface area (Å²) in [5.41, 5.74) is 14.4. The third kappa shape index (κ3) is 5.92. The molecule has 0 spiro atoms. The Kier molecular flexibility index (Phi) is 7.93. The van der Waals surface area contributed by atoms with Crippen molar-refractivity contribution < 1.29 is 4.42 Å². The van der Waals surface area contributed by atoms with Crippen LogP contribution >= 0.6 is 15.9 Å². The first-order valence-corrected chi connectivity index (χ1v) is 19.8. The van der Waals surface area contributed by atoms with Crippen LogP contribution in [-0.2, 0) is 0 Å². The molecule has 4 nitrogen and oxygen atoms in total. The van der Waals surface area contributed by atoms with Crippen molar-refractivity contribution in [2.45, 2.75) is 0 Å². The molecule has 0 aliphatic heterocycles. The summed E-state index contributed by atoms with van der Waals surface area (Å²) >= 11 is 3.86. The van der Waals surface area contributed by atoms with Crippen LogP contribution in [0.2, 0.25) is 0 Å². The predicted molar refractivity (Wildman–Crippen MR) is 239 cm³/mol. The van der Waals surface area contributed by atoms with Crippen molar-refractivity contribution in [1.29, 1.82) is 0 Å². The summed E-state index contributed by atoms with van der Waals surface area (Å²) in [7, 11) is 0. The van der Waals surface area contributed by atoms with Gasteiger partial charge in [-0.1, -0.05) is 149 Å². The average Bonchev–Trinajstić information content (AvgIpc) is 3.82. The monoisotopic (exact) mass is 793 g/mol. The van der Waals surface area contributed by atoms with Gasteiger partial charge < -0.3 is 4.42 Å². The molecule has 8 aromatic carbocycles. The minimum absolute atomic E-state index is 0.612. The lowest BCUT2D eigenvalue weighted by Crippen LogP contribution is -2.04. The zero-order valence-corrected chi connectivity index (χ0v) is 32.2. The molecular weight excluding hydrogens is 762 g/mol. The van der Waals surface area contributed by atoms with E-state index in [4.69, 9.17) is 14.4 Å². The van der Waals surface area contributed by atoms with E-state index in [0.717, 1.165) is 87.4 Å². The second kappa shape index (κ2) is 13.6. The average molecular weight is 795 g/mol. The molecule has 11 aromatic rings. The first kappa shape index (κ1) is 33.3. The van der Waals surface area contributed by atoms with Gasteiger partial charge in [0, 0.05) is 37.1 Å². The van der Waals surface area contributed by atoms with Crippen molar-refractivity contribution >= 4 is 59.7 Å². The fourth-order valence-corrected chi connectivity index (χ4v) is 8.60. The van der Waals surface area contributed by atoms with E-state index in [1.54, 1.807) is 0 Å². The quantitative estimate of drug-likeness (QED) is 0.168. The number of nitrogens with zero attached hydrogens (tertiary/aromatic N) is 3. The van der Waals surface area contributed by atoms with Gasteiger partial charge in [0.05, 0.1) is 22.4 Å². The lowest BCUT2D eigenvalue weighted by Gasteiger charge is -2.13. The molecule has 0 N–H and O–H groups in total. The molecule has 5 heteroatoms. The number of para-hydroxylation sites is 2. The van der Waals surface area contributed by atoms with Gasteiger partial charge in [-0.05, 0) is 94.0 Å². The third-order valence-corrected chi connectivity index (χ3v) is 11.3. The first-order valence-electron chi connectivity index (χ1n) is 19.0. The fraction of sp³-hybridized carbons (Fsp3) is 0. The largest absolute Gasteiger partial charge is 0.456 e. The highest BCUT2D eigenvalue weighted by Crippen LogP contribution is 2.38. The minimum Gasteiger partial charge on any atom is -0.456 e. The molecule has 0 saturated carbocycles. The maximum Gasteiger partial charge on any atom is 0.235 e. The number of aromatic nitrogens is 3. The number of furan rings is 1. The van der Waals surface area contributed by atoms with E-state index < -0.39 is 0 Å². The van der Waals surface area contributed by atoms with E-state index in [0.29, 0.717) is 5.95 Å². The Morgan fingerprint density at radius 2 is 0.877 bits per heavy atom. The molecular formula is C52H32BrN3O. The highest BCUT2D eigenvalue weighted by Gasteiger charge is 2.19. The van der Waals surface area contributed by atoms with E-state index in [9.17, 15) is 0 Å². The lowest BCUT2D eigenvalue weighted by atomic mass is 9.99. The molecule has 0 unspecified atom stereocenters. The van der Waals surface area contributed by atoms with Crippen LogP contribution in [0.25, 0.3) is 106 Å². The third-order valence-electron chi connectivity index (χ3n) is 10.9. The molecule has 0 fully saturated rings. The summed E-state index contributed by atoms with van der Waals surface area (Å²) in [5.74, 6) is 0.612. The first-order chi connectivity index (χ1) is 28.1. The Labute approximate surface area is 337 Å². The number of hydrogen-bond donors (Lipinski definition) is 0. The van der Waals surface area contributed by atoms with E-state index in [1.165, 1.54) is 16.7 Å². The zero-order valence-electron chi connectivity index (χ0n) is 30.6.